The lowest BCUT2D eigenvalue weighted by Crippen LogP contribution is -2.44. The molecule has 1 N–H and O–H groups in total. The zero-order valence-corrected chi connectivity index (χ0v) is 10.8. The summed E-state index contributed by atoms with van der Waals surface area (Å²) in [4.78, 5) is 23.0. The van der Waals surface area contributed by atoms with Crippen molar-refractivity contribution in [3.8, 4) is 0 Å². The maximum Gasteiger partial charge on any atom is 0.328 e. The Hall–Kier alpha value is -1.95. The van der Waals surface area contributed by atoms with Gasteiger partial charge in [-0.25, -0.2) is 9.18 Å². The monoisotopic (exact) mass is 269 g/mol. The lowest BCUT2D eigenvalue weighted by atomic mass is 10.1. The molecular weight excluding hydrogens is 253 g/mol. The summed E-state index contributed by atoms with van der Waals surface area (Å²) in [5, 5.41) is 2.48. The van der Waals surface area contributed by atoms with Crippen molar-refractivity contribution >= 4 is 11.9 Å². The normalized spacial score (nSPS) is 11.7. The second-order valence-electron chi connectivity index (χ2n) is 3.91. The van der Waals surface area contributed by atoms with Gasteiger partial charge in [-0.2, -0.15) is 0 Å². The molecule has 1 aromatic carbocycles. The van der Waals surface area contributed by atoms with E-state index in [9.17, 15) is 14.0 Å². The Kier molecular flexibility index (Phi) is 5.95. The van der Waals surface area contributed by atoms with Crippen LogP contribution in [-0.4, -0.2) is 38.7 Å². The fraction of sp³-hybridized carbons (Fsp3) is 0.385. The zero-order valence-electron chi connectivity index (χ0n) is 10.8. The van der Waals surface area contributed by atoms with Crippen molar-refractivity contribution in [1.29, 1.82) is 0 Å². The van der Waals surface area contributed by atoms with Gasteiger partial charge in [-0.05, 0) is 17.7 Å². The zero-order chi connectivity index (χ0) is 14.3. The van der Waals surface area contributed by atoms with Crippen LogP contribution in [0.15, 0.2) is 24.3 Å². The Bertz CT molecular complexity index is 450. The summed E-state index contributed by atoms with van der Waals surface area (Å²) < 4.78 is 22.3. The number of amides is 1. The van der Waals surface area contributed by atoms with E-state index in [4.69, 9.17) is 0 Å². The molecule has 0 aromatic heterocycles. The van der Waals surface area contributed by atoms with Gasteiger partial charge in [-0.3, -0.25) is 4.79 Å². The van der Waals surface area contributed by atoms with Crippen molar-refractivity contribution in [2.24, 2.45) is 0 Å². The molecule has 19 heavy (non-hydrogen) atoms. The minimum Gasteiger partial charge on any atom is -0.467 e. The minimum atomic E-state index is -0.866. The van der Waals surface area contributed by atoms with E-state index in [-0.39, 0.29) is 13.0 Å². The topological polar surface area (TPSA) is 64.6 Å². The van der Waals surface area contributed by atoms with Gasteiger partial charge in [0.2, 0.25) is 5.91 Å². The van der Waals surface area contributed by atoms with Crippen LogP contribution in [0.1, 0.15) is 5.56 Å². The van der Waals surface area contributed by atoms with Gasteiger partial charge < -0.3 is 14.8 Å². The average Bonchev–Trinajstić information content (AvgIpc) is 2.37. The highest BCUT2D eigenvalue weighted by atomic mass is 19.1. The lowest BCUT2D eigenvalue weighted by Gasteiger charge is -2.16. The fourth-order valence-corrected chi connectivity index (χ4v) is 1.60. The van der Waals surface area contributed by atoms with E-state index < -0.39 is 23.7 Å². The Labute approximate surface area is 110 Å². The number of carbonyl (C=O) groups is 2. The van der Waals surface area contributed by atoms with Gasteiger partial charge in [0.25, 0.3) is 0 Å². The van der Waals surface area contributed by atoms with Gasteiger partial charge in [-0.15, -0.1) is 0 Å². The third-order valence-electron chi connectivity index (χ3n) is 2.43. The SMILES string of the molecule is COCC(=O)N[C@@H](Cc1cccc(F)c1)C(=O)OC. The molecule has 0 aliphatic carbocycles. The number of benzene rings is 1. The quantitative estimate of drug-likeness (QED) is 0.771. The number of hydrogen-bond donors (Lipinski definition) is 1. The van der Waals surface area contributed by atoms with Crippen LogP contribution in [-0.2, 0) is 25.5 Å². The van der Waals surface area contributed by atoms with E-state index in [0.29, 0.717) is 5.56 Å². The number of ether oxygens (including phenoxy) is 2. The molecule has 0 heterocycles. The Morgan fingerprint density at radius 3 is 2.68 bits per heavy atom. The summed E-state index contributed by atoms with van der Waals surface area (Å²) in [7, 11) is 2.60. The van der Waals surface area contributed by atoms with Gasteiger partial charge in [0.15, 0.2) is 0 Å². The van der Waals surface area contributed by atoms with Gasteiger partial charge >= 0.3 is 5.97 Å². The predicted octanol–water partition coefficient (Wildman–Crippen LogP) is 0.672. The van der Waals surface area contributed by atoms with Gasteiger partial charge in [0.05, 0.1) is 7.11 Å². The first kappa shape index (κ1) is 15.1. The van der Waals surface area contributed by atoms with Gasteiger partial charge in [0, 0.05) is 13.5 Å². The summed E-state index contributed by atoms with van der Waals surface area (Å²) in [5.74, 6) is -1.42. The van der Waals surface area contributed by atoms with Gasteiger partial charge in [0.1, 0.15) is 18.5 Å². The highest BCUT2D eigenvalue weighted by Gasteiger charge is 2.21. The number of nitrogens with one attached hydrogen (secondary N) is 1. The van der Waals surface area contributed by atoms with E-state index in [1.54, 1.807) is 6.07 Å². The van der Waals surface area contributed by atoms with Crippen LogP contribution in [0.2, 0.25) is 0 Å². The molecule has 1 rings (SSSR count). The average molecular weight is 269 g/mol. The maximum absolute atomic E-state index is 13.1. The third-order valence-corrected chi connectivity index (χ3v) is 2.43. The molecule has 0 spiro atoms. The highest BCUT2D eigenvalue weighted by molar-refractivity contribution is 5.85. The number of hydrogen-bond acceptors (Lipinski definition) is 4. The summed E-state index contributed by atoms with van der Waals surface area (Å²) >= 11 is 0. The Morgan fingerprint density at radius 1 is 1.37 bits per heavy atom. The van der Waals surface area contributed by atoms with Gasteiger partial charge in [-0.1, -0.05) is 12.1 Å². The number of halogens is 1. The molecule has 1 amide bonds. The summed E-state index contributed by atoms with van der Waals surface area (Å²) in [6, 6.07) is 4.95. The standard InChI is InChI=1S/C13H16FNO4/c1-18-8-12(16)15-11(13(17)19-2)7-9-4-3-5-10(14)6-9/h3-6,11H,7-8H2,1-2H3,(H,15,16)/t11-/m0/s1. The van der Waals surface area contributed by atoms with Crippen molar-refractivity contribution in [1.82, 2.24) is 5.32 Å². The lowest BCUT2D eigenvalue weighted by molar-refractivity contribution is -0.145. The Balaban J connectivity index is 2.74. The molecular formula is C13H16FNO4. The first-order chi connectivity index (χ1) is 9.06. The predicted molar refractivity (Wildman–Crippen MR) is 65.9 cm³/mol. The molecule has 6 heteroatoms. The van der Waals surface area contributed by atoms with Crippen molar-refractivity contribution in [3.05, 3.63) is 35.6 Å². The van der Waals surface area contributed by atoms with E-state index in [2.05, 4.69) is 14.8 Å². The molecule has 0 saturated heterocycles. The van der Waals surface area contributed by atoms with Crippen LogP contribution in [0.5, 0.6) is 0 Å². The molecule has 0 bridgehead atoms. The van der Waals surface area contributed by atoms with Crippen molar-refractivity contribution in [3.63, 3.8) is 0 Å². The molecule has 5 nitrogen and oxygen atoms in total. The van der Waals surface area contributed by atoms with E-state index >= 15 is 0 Å². The maximum atomic E-state index is 13.1. The largest absolute Gasteiger partial charge is 0.467 e. The number of rotatable bonds is 6. The molecule has 0 aliphatic rings. The third kappa shape index (κ3) is 5.05. The van der Waals surface area contributed by atoms with Crippen molar-refractivity contribution < 1.29 is 23.5 Å². The summed E-state index contributed by atoms with van der Waals surface area (Å²) in [6.07, 6.45) is 0.153. The number of carbonyl (C=O) groups excluding carboxylic acids is 2. The smallest absolute Gasteiger partial charge is 0.328 e. The van der Waals surface area contributed by atoms with Crippen LogP contribution >= 0.6 is 0 Å². The molecule has 0 saturated carbocycles. The summed E-state index contributed by atoms with van der Waals surface area (Å²) in [5.41, 5.74) is 0.591. The molecule has 104 valence electrons. The van der Waals surface area contributed by atoms with Crippen LogP contribution in [0.25, 0.3) is 0 Å². The second-order valence-corrected chi connectivity index (χ2v) is 3.91. The molecule has 0 unspecified atom stereocenters. The van der Waals surface area contributed by atoms with Crippen molar-refractivity contribution in [2.75, 3.05) is 20.8 Å². The first-order valence-electron chi connectivity index (χ1n) is 5.67. The molecule has 1 atom stereocenters. The minimum absolute atomic E-state index is 0.153. The molecule has 0 radical (unpaired) electrons. The first-order valence-corrected chi connectivity index (χ1v) is 5.67. The fourth-order valence-electron chi connectivity index (χ4n) is 1.60. The van der Waals surface area contributed by atoms with E-state index in [1.807, 2.05) is 0 Å². The van der Waals surface area contributed by atoms with Crippen molar-refractivity contribution in [2.45, 2.75) is 12.5 Å². The summed E-state index contributed by atoms with van der Waals surface area (Å²) in [6.45, 7) is -0.156. The van der Waals surface area contributed by atoms with E-state index in [0.717, 1.165) is 0 Å². The molecule has 1 aromatic rings. The highest BCUT2D eigenvalue weighted by Crippen LogP contribution is 2.07. The van der Waals surface area contributed by atoms with Crippen LogP contribution in [0, 0.1) is 5.82 Å². The number of esters is 1. The van der Waals surface area contributed by atoms with Crippen LogP contribution < -0.4 is 5.32 Å². The van der Waals surface area contributed by atoms with Crippen LogP contribution in [0.4, 0.5) is 4.39 Å². The molecule has 0 fully saturated rings. The van der Waals surface area contributed by atoms with Crippen LogP contribution in [0.3, 0.4) is 0 Å². The second kappa shape index (κ2) is 7.48. The Morgan fingerprint density at radius 2 is 2.11 bits per heavy atom. The van der Waals surface area contributed by atoms with E-state index in [1.165, 1.54) is 32.4 Å². The number of methoxy groups -OCH3 is 2. The molecule has 0 aliphatic heterocycles.